The minimum Gasteiger partial charge on any atom is -0.373 e. The molecule has 0 aliphatic heterocycles. The average molecular weight is 1170 g/mol. The number of nitrogens with zero attached hydrogens (tertiary/aromatic N) is 1. The molecule has 10 aromatic rings. The molecule has 1 atom stereocenters. The molecule has 0 saturated heterocycles. The van der Waals surface area contributed by atoms with Crippen LogP contribution in [0.5, 0.6) is 0 Å². The zero-order valence-electron chi connectivity index (χ0n) is 41.9. The number of aryl methyl sites for hydroxylation is 2. The van der Waals surface area contributed by atoms with Gasteiger partial charge in [-0.2, -0.15) is 0 Å². The minimum atomic E-state index is -0.545. The molecule has 358 valence electrons. The number of benzene rings is 10. The summed E-state index contributed by atoms with van der Waals surface area (Å²) < 4.78 is 4.09. The highest BCUT2D eigenvalue weighted by Crippen LogP contribution is 2.42. The van der Waals surface area contributed by atoms with Crippen LogP contribution in [0.15, 0.2) is 255 Å². The smallest absolute Gasteiger partial charge is 0.0514 e. The van der Waals surface area contributed by atoms with Crippen LogP contribution in [0.2, 0.25) is 0 Å². The Hall–Kier alpha value is -6.93. The lowest BCUT2D eigenvalue weighted by atomic mass is 9.84. The van der Waals surface area contributed by atoms with Gasteiger partial charge in [-0.3, -0.25) is 0 Å². The lowest BCUT2D eigenvalue weighted by Crippen LogP contribution is -2.19. The van der Waals surface area contributed by atoms with Crippen LogP contribution in [0.25, 0.3) is 70.3 Å². The van der Waals surface area contributed by atoms with E-state index >= 15 is 0 Å². The summed E-state index contributed by atoms with van der Waals surface area (Å²) in [7, 11) is 2.28. The highest BCUT2D eigenvalue weighted by Gasteiger charge is 2.23. The summed E-state index contributed by atoms with van der Waals surface area (Å²) >= 11 is 1.97. The molecule has 0 heterocycles. The summed E-state index contributed by atoms with van der Waals surface area (Å²) in [6, 6.07) is 91.2. The molecule has 1 nitrogen and oxygen atoms in total. The molecule has 0 N–H and O–H groups in total. The molecule has 1 unspecified atom stereocenters. The zero-order chi connectivity index (χ0) is 50.1. The molecular formula is C70H59I2N. The fourth-order valence-corrected chi connectivity index (χ4v) is 13.5. The Kier molecular flexibility index (Phi) is 15.8. The molecular weight excluding hydrogens is 1110 g/mol. The van der Waals surface area contributed by atoms with Gasteiger partial charge in [-0.05, 0) is 178 Å². The first-order chi connectivity index (χ1) is 35.8. The van der Waals surface area contributed by atoms with Crippen molar-refractivity contribution in [2.75, 3.05) is 7.05 Å². The second-order valence-corrected chi connectivity index (χ2v) is 23.3. The van der Waals surface area contributed by atoms with E-state index in [4.69, 9.17) is 0 Å². The Morgan fingerprint density at radius 3 is 1.62 bits per heavy atom. The molecule has 10 aromatic carbocycles. The molecule has 0 fully saturated rings. The highest BCUT2D eigenvalue weighted by molar-refractivity contribution is 14.2. The Morgan fingerprint density at radius 2 is 0.932 bits per heavy atom. The normalized spacial score (nSPS) is 12.2. The van der Waals surface area contributed by atoms with Gasteiger partial charge in [-0.1, -0.05) is 251 Å². The van der Waals surface area contributed by atoms with Gasteiger partial charge in [-0.25, -0.2) is 0 Å². The molecule has 0 aromatic heterocycles. The first kappa shape index (κ1) is 49.6. The van der Waals surface area contributed by atoms with Gasteiger partial charge in [0.15, 0.2) is 0 Å². The van der Waals surface area contributed by atoms with Crippen molar-refractivity contribution in [3.05, 3.63) is 292 Å². The third-order valence-corrected chi connectivity index (χ3v) is 18.0. The summed E-state index contributed by atoms with van der Waals surface area (Å²) in [6.07, 6.45) is 4.36. The number of hydrogen-bond acceptors (Lipinski definition) is 1. The van der Waals surface area contributed by atoms with Crippen molar-refractivity contribution in [2.45, 2.75) is 39.7 Å². The van der Waals surface area contributed by atoms with Crippen molar-refractivity contribution >= 4 is 50.4 Å². The molecule has 0 saturated carbocycles. The Bertz CT molecular complexity index is 3560. The van der Waals surface area contributed by atoms with Gasteiger partial charge in [0.05, 0.1) is 6.04 Å². The predicted octanol–water partition coefficient (Wildman–Crippen LogP) is 19.6. The van der Waals surface area contributed by atoms with E-state index in [0.717, 1.165) is 12.8 Å². The van der Waals surface area contributed by atoms with Gasteiger partial charge in [0.2, 0.25) is 0 Å². The quantitative estimate of drug-likeness (QED) is 0.0925. The Balaban J connectivity index is 0.996. The molecule has 0 spiro atoms. The van der Waals surface area contributed by atoms with Crippen molar-refractivity contribution < 1.29 is 0 Å². The van der Waals surface area contributed by atoms with Crippen LogP contribution in [-0.4, -0.2) is 15.5 Å². The van der Waals surface area contributed by atoms with E-state index in [0.29, 0.717) is 0 Å². The maximum Gasteiger partial charge on any atom is 0.0514 e. The fraction of sp³-hybridized carbons (Fsp3) is 0.100. The van der Waals surface area contributed by atoms with Crippen LogP contribution in [0.4, 0.5) is 0 Å². The third-order valence-electron chi connectivity index (χ3n) is 14.1. The summed E-state index contributed by atoms with van der Waals surface area (Å²) in [5, 5.41) is 0. The third kappa shape index (κ3) is 11.6. The average Bonchev–Trinajstić information content (AvgIpc) is 3.45. The van der Waals surface area contributed by atoms with Crippen LogP contribution in [0, 0.1) is 10.5 Å². The topological polar surface area (TPSA) is 3.24 Å². The summed E-state index contributed by atoms with van der Waals surface area (Å²) in [5.74, 6) is 0. The standard InChI is InChI=1S/C70H59I2N/c1-49-64(65-34-15-14-28-58(65)38-37-52-21-18-29-59(45-52)57-41-39-56(40-42-57)54-24-10-6-11-25-54)43-44-67(66-35-16-17-36-68(66)71)70(49)51(3)73(4)48-69(72-50(2)53-22-8-5-9-23-53)63-33-20-32-62(47-63)61-31-19-30-60(46-61)55-26-12-7-13-27-55/h5-36,39-48,51H,37-38H2,1-4H3/b69-48-. The lowest BCUT2D eigenvalue weighted by molar-refractivity contribution is 0.363. The molecule has 10 rings (SSSR count). The predicted molar refractivity (Wildman–Crippen MR) is 331 cm³/mol. The van der Waals surface area contributed by atoms with E-state index in [1.807, 2.05) is 0 Å². The van der Waals surface area contributed by atoms with Crippen LogP contribution in [0.3, 0.4) is 0 Å². The maximum absolute atomic E-state index is 2.52. The Labute approximate surface area is 456 Å². The van der Waals surface area contributed by atoms with Crippen LogP contribution >= 0.6 is 43.3 Å². The molecule has 0 aliphatic rings. The van der Waals surface area contributed by atoms with E-state index < -0.39 is 20.7 Å². The Morgan fingerprint density at radius 1 is 0.452 bits per heavy atom. The maximum atomic E-state index is 2.52. The summed E-state index contributed by atoms with van der Waals surface area (Å²) in [5.41, 5.74) is 23.0. The van der Waals surface area contributed by atoms with Crippen LogP contribution in [-0.2, 0) is 12.8 Å². The van der Waals surface area contributed by atoms with Gasteiger partial charge in [-0.15, -0.1) is 0 Å². The van der Waals surface area contributed by atoms with Crippen LogP contribution in [0.1, 0.15) is 53.3 Å². The zero-order valence-corrected chi connectivity index (χ0v) is 46.3. The van der Waals surface area contributed by atoms with Crippen molar-refractivity contribution in [3.8, 4) is 66.8 Å². The molecule has 0 radical (unpaired) electrons. The van der Waals surface area contributed by atoms with Gasteiger partial charge < -0.3 is 4.90 Å². The van der Waals surface area contributed by atoms with E-state index in [1.54, 1.807) is 0 Å². The molecule has 73 heavy (non-hydrogen) atoms. The van der Waals surface area contributed by atoms with Crippen molar-refractivity contribution in [3.63, 3.8) is 0 Å². The largest absolute Gasteiger partial charge is 0.373 e. The second-order valence-electron chi connectivity index (χ2n) is 18.8. The van der Waals surface area contributed by atoms with Crippen molar-refractivity contribution in [1.82, 2.24) is 4.90 Å². The van der Waals surface area contributed by atoms with Gasteiger partial charge in [0.25, 0.3) is 0 Å². The molecule has 3 heteroatoms. The van der Waals surface area contributed by atoms with Crippen LogP contribution < -0.4 is 0 Å². The summed E-state index contributed by atoms with van der Waals surface area (Å²) in [6.45, 7) is 7.08. The lowest BCUT2D eigenvalue weighted by Gasteiger charge is -2.30. The number of rotatable bonds is 15. The van der Waals surface area contributed by atoms with Gasteiger partial charge in [0.1, 0.15) is 0 Å². The SMILES string of the molecule is CC(=I/C(=C\N(C)C(C)c1c(-c2ccccc2I)ccc(-c2ccccc2CCc2cccc(-c3ccc(-c4ccccc4)cc3)c2)c1C)c1cccc(-c2cccc(-c3ccccc3)c2)c1)c1ccccc1. The number of hydrogen-bond donors (Lipinski definition) is 0. The molecule has 0 bridgehead atoms. The second kappa shape index (κ2) is 23.3. The van der Waals surface area contributed by atoms with Crippen molar-refractivity contribution in [2.24, 2.45) is 0 Å². The van der Waals surface area contributed by atoms with Crippen molar-refractivity contribution in [1.29, 1.82) is 0 Å². The summed E-state index contributed by atoms with van der Waals surface area (Å²) in [4.78, 5) is 2.48. The molecule has 0 amide bonds. The first-order valence-electron chi connectivity index (χ1n) is 25.2. The fourth-order valence-electron chi connectivity index (χ4n) is 10.0. The van der Waals surface area contributed by atoms with E-state index in [9.17, 15) is 0 Å². The molecule has 0 aliphatic carbocycles. The number of halogens is 2. The first-order valence-corrected chi connectivity index (χ1v) is 28.5. The van der Waals surface area contributed by atoms with E-state index in [1.165, 1.54) is 111 Å². The minimum absolute atomic E-state index is 0.0596. The highest BCUT2D eigenvalue weighted by atomic mass is 127. The van der Waals surface area contributed by atoms with E-state index in [-0.39, 0.29) is 6.04 Å². The van der Waals surface area contributed by atoms with E-state index in [2.05, 4.69) is 310 Å². The van der Waals surface area contributed by atoms with Gasteiger partial charge >= 0.3 is 0 Å². The van der Waals surface area contributed by atoms with Gasteiger partial charge in [0, 0.05) is 20.4 Å². The monoisotopic (exact) mass is 1170 g/mol.